The molecule has 5 rings (SSSR count). The molecule has 0 spiro atoms. The Kier molecular flexibility index (Phi) is 5.92. The minimum Gasteiger partial charge on any atom is -0.497 e. The number of methoxy groups -OCH3 is 1. The number of aryl methyl sites for hydroxylation is 1. The van der Waals surface area contributed by atoms with Crippen LogP contribution in [0.25, 0.3) is 0 Å². The van der Waals surface area contributed by atoms with Gasteiger partial charge in [-0.05, 0) is 61.4 Å². The number of amides is 1. The van der Waals surface area contributed by atoms with E-state index in [0.29, 0.717) is 43.4 Å². The van der Waals surface area contributed by atoms with Gasteiger partial charge in [0.2, 0.25) is 0 Å². The van der Waals surface area contributed by atoms with Gasteiger partial charge in [-0.15, -0.1) is 0 Å². The van der Waals surface area contributed by atoms with Crippen molar-refractivity contribution in [1.29, 1.82) is 0 Å². The fourth-order valence-electron chi connectivity index (χ4n) is 4.37. The number of aliphatic imine (C=N–C) groups is 1. The molecule has 0 N–H and O–H groups in total. The van der Waals surface area contributed by atoms with Gasteiger partial charge in [-0.3, -0.25) is 4.79 Å². The summed E-state index contributed by atoms with van der Waals surface area (Å²) in [4.78, 5) is 21.9. The molecule has 0 saturated carbocycles. The van der Waals surface area contributed by atoms with Crippen LogP contribution in [0.4, 0.5) is 10.1 Å². The van der Waals surface area contributed by atoms with Crippen LogP contribution in [0.3, 0.4) is 0 Å². The van der Waals surface area contributed by atoms with E-state index in [1.165, 1.54) is 12.1 Å². The number of carbonyl (C=O) groups excluding carboxylic acids is 1. The smallest absolute Gasteiger partial charge is 0.256 e. The number of benzene rings is 3. The van der Waals surface area contributed by atoms with Crippen LogP contribution in [0.15, 0.2) is 65.7 Å². The molecular formula is C27H26FN3O3. The Bertz CT molecular complexity index is 1270. The van der Waals surface area contributed by atoms with Crippen LogP contribution in [-0.2, 0) is 0 Å². The van der Waals surface area contributed by atoms with Gasteiger partial charge >= 0.3 is 0 Å². The molecule has 2 aliphatic heterocycles. The minimum atomic E-state index is -0.494. The highest BCUT2D eigenvalue weighted by Crippen LogP contribution is 2.40. The van der Waals surface area contributed by atoms with E-state index in [0.717, 1.165) is 29.1 Å². The van der Waals surface area contributed by atoms with Crippen molar-refractivity contribution >= 4 is 17.4 Å². The highest BCUT2D eigenvalue weighted by atomic mass is 19.1. The second-order valence-corrected chi connectivity index (χ2v) is 8.48. The van der Waals surface area contributed by atoms with E-state index in [9.17, 15) is 9.18 Å². The Morgan fingerprint density at radius 2 is 1.85 bits per heavy atom. The lowest BCUT2D eigenvalue weighted by Crippen LogP contribution is -2.38. The Morgan fingerprint density at radius 1 is 1.00 bits per heavy atom. The molecule has 3 aromatic carbocycles. The SMILES string of the molecule is COc1ccc2c(c1)C(N1CCCN(C(=O)c3ccccc3F)CC1)=Nc1ccc(C)cc1O2. The monoisotopic (exact) mass is 459 g/mol. The zero-order valence-corrected chi connectivity index (χ0v) is 19.3. The number of nitrogens with zero attached hydrogens (tertiary/aromatic N) is 3. The zero-order valence-electron chi connectivity index (χ0n) is 19.3. The van der Waals surface area contributed by atoms with Crippen LogP contribution in [0.5, 0.6) is 17.2 Å². The molecule has 2 heterocycles. The predicted octanol–water partition coefficient (Wildman–Crippen LogP) is 5.17. The molecule has 2 aliphatic rings. The minimum absolute atomic E-state index is 0.107. The summed E-state index contributed by atoms with van der Waals surface area (Å²) in [7, 11) is 1.63. The van der Waals surface area contributed by atoms with Crippen molar-refractivity contribution in [1.82, 2.24) is 9.80 Å². The normalized spacial score (nSPS) is 15.3. The van der Waals surface area contributed by atoms with Gasteiger partial charge in [0.25, 0.3) is 5.91 Å². The summed E-state index contributed by atoms with van der Waals surface area (Å²) in [6, 6.07) is 17.8. The summed E-state index contributed by atoms with van der Waals surface area (Å²) in [5.74, 6) is 2.11. The van der Waals surface area contributed by atoms with Crippen LogP contribution < -0.4 is 9.47 Å². The maximum atomic E-state index is 14.2. The van der Waals surface area contributed by atoms with E-state index >= 15 is 0 Å². The van der Waals surface area contributed by atoms with Crippen molar-refractivity contribution in [2.24, 2.45) is 4.99 Å². The Labute approximate surface area is 198 Å². The first-order valence-electron chi connectivity index (χ1n) is 11.4. The summed E-state index contributed by atoms with van der Waals surface area (Å²) in [5, 5.41) is 0. The highest BCUT2D eigenvalue weighted by molar-refractivity contribution is 6.04. The van der Waals surface area contributed by atoms with Crippen molar-refractivity contribution in [3.05, 3.63) is 83.2 Å². The lowest BCUT2D eigenvalue weighted by Gasteiger charge is -2.25. The molecule has 0 aromatic heterocycles. The molecule has 7 heteroatoms. The third-order valence-electron chi connectivity index (χ3n) is 6.18. The van der Waals surface area contributed by atoms with Crippen molar-refractivity contribution < 1.29 is 18.7 Å². The zero-order chi connectivity index (χ0) is 23.7. The Morgan fingerprint density at radius 3 is 2.68 bits per heavy atom. The third kappa shape index (κ3) is 4.21. The summed E-state index contributed by atoms with van der Waals surface area (Å²) in [6.45, 7) is 4.31. The lowest BCUT2D eigenvalue weighted by molar-refractivity contribution is 0.0759. The van der Waals surface area contributed by atoms with E-state index in [2.05, 4.69) is 4.90 Å². The van der Waals surface area contributed by atoms with E-state index < -0.39 is 5.82 Å². The molecule has 0 aliphatic carbocycles. The Hall–Kier alpha value is -3.87. The number of amidine groups is 1. The van der Waals surface area contributed by atoms with Gasteiger partial charge < -0.3 is 19.3 Å². The lowest BCUT2D eigenvalue weighted by atomic mass is 10.1. The molecule has 0 radical (unpaired) electrons. The van der Waals surface area contributed by atoms with E-state index in [1.807, 2.05) is 43.3 Å². The van der Waals surface area contributed by atoms with Gasteiger partial charge in [0, 0.05) is 26.2 Å². The van der Waals surface area contributed by atoms with Gasteiger partial charge in [-0.1, -0.05) is 18.2 Å². The van der Waals surface area contributed by atoms with E-state index in [-0.39, 0.29) is 11.5 Å². The summed E-state index contributed by atoms with van der Waals surface area (Å²) < 4.78 is 25.9. The summed E-state index contributed by atoms with van der Waals surface area (Å²) >= 11 is 0. The van der Waals surface area contributed by atoms with Crippen LogP contribution in [0, 0.1) is 12.7 Å². The molecule has 0 bridgehead atoms. The van der Waals surface area contributed by atoms with Gasteiger partial charge in [0.15, 0.2) is 5.75 Å². The quantitative estimate of drug-likeness (QED) is 0.530. The summed E-state index contributed by atoms with van der Waals surface area (Å²) in [6.07, 6.45) is 0.736. The first-order valence-corrected chi connectivity index (χ1v) is 11.4. The largest absolute Gasteiger partial charge is 0.497 e. The number of carbonyl (C=O) groups is 1. The second kappa shape index (κ2) is 9.17. The average molecular weight is 460 g/mol. The molecule has 6 nitrogen and oxygen atoms in total. The van der Waals surface area contributed by atoms with Crippen molar-refractivity contribution in [3.63, 3.8) is 0 Å². The predicted molar refractivity (Wildman–Crippen MR) is 129 cm³/mol. The summed E-state index contributed by atoms with van der Waals surface area (Å²) in [5.41, 5.74) is 2.78. The molecule has 1 saturated heterocycles. The topological polar surface area (TPSA) is 54.4 Å². The number of halogens is 1. The maximum Gasteiger partial charge on any atom is 0.256 e. The molecular weight excluding hydrogens is 433 g/mol. The Balaban J connectivity index is 1.48. The highest BCUT2D eigenvalue weighted by Gasteiger charge is 2.27. The first-order chi connectivity index (χ1) is 16.5. The molecule has 0 unspecified atom stereocenters. The number of fused-ring (bicyclic) bond motifs is 2. The fraction of sp³-hybridized carbons (Fsp3) is 0.259. The van der Waals surface area contributed by atoms with Gasteiger partial charge in [-0.2, -0.15) is 0 Å². The van der Waals surface area contributed by atoms with Gasteiger partial charge in [-0.25, -0.2) is 9.38 Å². The number of hydrogen-bond acceptors (Lipinski definition) is 5. The standard InChI is InChI=1S/C27H26FN3O3/c1-18-8-10-23-25(16-18)34-24-11-9-19(33-2)17-21(24)26(29-23)30-12-5-13-31(15-14-30)27(32)20-6-3-4-7-22(20)28/h3-4,6-11,16-17H,5,12-15H2,1-2H3. The second-order valence-electron chi connectivity index (χ2n) is 8.48. The van der Waals surface area contributed by atoms with Crippen molar-refractivity contribution in [2.45, 2.75) is 13.3 Å². The molecule has 3 aromatic rings. The molecule has 1 fully saturated rings. The third-order valence-corrected chi connectivity index (χ3v) is 6.18. The van der Waals surface area contributed by atoms with Gasteiger partial charge in [0.05, 0.1) is 18.2 Å². The van der Waals surface area contributed by atoms with Crippen molar-refractivity contribution in [3.8, 4) is 17.2 Å². The maximum absolute atomic E-state index is 14.2. The van der Waals surface area contributed by atoms with Crippen LogP contribution in [-0.4, -0.2) is 54.8 Å². The van der Waals surface area contributed by atoms with Gasteiger partial charge in [0.1, 0.15) is 28.8 Å². The van der Waals surface area contributed by atoms with Crippen LogP contribution in [0.2, 0.25) is 0 Å². The average Bonchev–Trinajstić information content (AvgIpc) is 3.18. The molecule has 174 valence electrons. The number of ether oxygens (including phenoxy) is 2. The van der Waals surface area contributed by atoms with Crippen LogP contribution >= 0.6 is 0 Å². The first kappa shape index (κ1) is 21.9. The molecule has 0 atom stereocenters. The van der Waals surface area contributed by atoms with Crippen LogP contribution in [0.1, 0.15) is 27.9 Å². The fourth-order valence-corrected chi connectivity index (χ4v) is 4.37. The number of rotatable bonds is 2. The van der Waals surface area contributed by atoms with Crippen molar-refractivity contribution in [2.75, 3.05) is 33.3 Å². The number of hydrogen-bond donors (Lipinski definition) is 0. The molecule has 34 heavy (non-hydrogen) atoms. The molecule has 1 amide bonds. The van der Waals surface area contributed by atoms with E-state index in [4.69, 9.17) is 14.5 Å². The van der Waals surface area contributed by atoms with E-state index in [1.54, 1.807) is 24.1 Å².